The quantitative estimate of drug-likeness (QED) is 0.588. The maximum Gasteiger partial charge on any atom is 0.338 e. The SMILES string of the molecule is Cc1ccc(S(=O)(=O)N2C[C@H]3C=C[C@@H](C)N[C@]3(COC(=O)c3ccccc3)C2)cc1. The number of hydrogen-bond donors (Lipinski definition) is 1. The van der Waals surface area contributed by atoms with Gasteiger partial charge in [-0.05, 0) is 38.1 Å². The molecule has 0 unspecified atom stereocenters. The summed E-state index contributed by atoms with van der Waals surface area (Å²) in [7, 11) is -3.64. The maximum absolute atomic E-state index is 13.2. The highest BCUT2D eigenvalue weighted by Crippen LogP contribution is 2.36. The highest BCUT2D eigenvalue weighted by molar-refractivity contribution is 7.89. The van der Waals surface area contributed by atoms with Crippen LogP contribution in [0.2, 0.25) is 0 Å². The summed E-state index contributed by atoms with van der Waals surface area (Å²) < 4.78 is 33.6. The van der Waals surface area contributed by atoms with Crippen LogP contribution in [0.5, 0.6) is 0 Å². The lowest BCUT2D eigenvalue weighted by Gasteiger charge is -2.39. The van der Waals surface area contributed by atoms with Crippen molar-refractivity contribution in [3.63, 3.8) is 0 Å². The lowest BCUT2D eigenvalue weighted by Crippen LogP contribution is -2.59. The van der Waals surface area contributed by atoms with Crippen LogP contribution in [0.3, 0.4) is 0 Å². The molecule has 4 rings (SSSR count). The first kappa shape index (κ1) is 20.8. The maximum atomic E-state index is 13.2. The van der Waals surface area contributed by atoms with E-state index in [9.17, 15) is 13.2 Å². The molecule has 2 aromatic carbocycles. The van der Waals surface area contributed by atoms with Crippen molar-refractivity contribution in [2.75, 3.05) is 19.7 Å². The van der Waals surface area contributed by atoms with Gasteiger partial charge in [0.2, 0.25) is 10.0 Å². The van der Waals surface area contributed by atoms with E-state index in [1.165, 1.54) is 4.31 Å². The molecular weight excluding hydrogens is 400 g/mol. The van der Waals surface area contributed by atoms with Crippen LogP contribution >= 0.6 is 0 Å². The summed E-state index contributed by atoms with van der Waals surface area (Å²) >= 11 is 0. The predicted molar refractivity (Wildman–Crippen MR) is 115 cm³/mol. The van der Waals surface area contributed by atoms with Crippen molar-refractivity contribution in [2.24, 2.45) is 5.92 Å². The number of carbonyl (C=O) groups is 1. The van der Waals surface area contributed by atoms with Crippen molar-refractivity contribution in [3.05, 3.63) is 77.9 Å². The van der Waals surface area contributed by atoms with Gasteiger partial charge in [0, 0.05) is 25.0 Å². The molecule has 0 radical (unpaired) electrons. The number of nitrogens with zero attached hydrogens (tertiary/aromatic N) is 1. The van der Waals surface area contributed by atoms with E-state index < -0.39 is 21.5 Å². The minimum atomic E-state index is -3.64. The third kappa shape index (κ3) is 3.93. The van der Waals surface area contributed by atoms with Gasteiger partial charge in [-0.25, -0.2) is 13.2 Å². The fourth-order valence-electron chi connectivity index (χ4n) is 4.18. The topological polar surface area (TPSA) is 75.7 Å². The average molecular weight is 427 g/mol. The summed E-state index contributed by atoms with van der Waals surface area (Å²) in [4.78, 5) is 12.8. The Bertz CT molecular complexity index is 1050. The van der Waals surface area contributed by atoms with Crippen molar-refractivity contribution in [3.8, 4) is 0 Å². The second-order valence-corrected chi connectivity index (χ2v) is 10.1. The zero-order valence-electron chi connectivity index (χ0n) is 17.1. The summed E-state index contributed by atoms with van der Waals surface area (Å²) in [6, 6.07) is 15.8. The van der Waals surface area contributed by atoms with Crippen LogP contribution in [0.4, 0.5) is 0 Å². The van der Waals surface area contributed by atoms with Gasteiger partial charge in [-0.15, -0.1) is 0 Å². The van der Waals surface area contributed by atoms with Crippen LogP contribution in [-0.4, -0.2) is 50.0 Å². The van der Waals surface area contributed by atoms with E-state index in [1.54, 1.807) is 48.5 Å². The normalized spacial score (nSPS) is 26.3. The van der Waals surface area contributed by atoms with Crippen molar-refractivity contribution in [1.82, 2.24) is 9.62 Å². The van der Waals surface area contributed by atoms with Crippen LogP contribution in [0.1, 0.15) is 22.8 Å². The van der Waals surface area contributed by atoms with Crippen LogP contribution < -0.4 is 5.32 Å². The van der Waals surface area contributed by atoms with Crippen LogP contribution in [0.15, 0.2) is 71.6 Å². The first-order valence-electron chi connectivity index (χ1n) is 10.1. The van der Waals surface area contributed by atoms with Gasteiger partial charge in [0.1, 0.15) is 6.61 Å². The second-order valence-electron chi connectivity index (χ2n) is 8.13. The monoisotopic (exact) mass is 426 g/mol. The molecule has 0 spiro atoms. The number of hydrogen-bond acceptors (Lipinski definition) is 5. The molecule has 0 aromatic heterocycles. The summed E-state index contributed by atoms with van der Waals surface area (Å²) in [5.41, 5.74) is 0.829. The number of rotatable bonds is 5. The molecule has 2 aromatic rings. The second kappa shape index (κ2) is 7.98. The molecule has 1 saturated heterocycles. The van der Waals surface area contributed by atoms with Gasteiger partial charge in [-0.3, -0.25) is 0 Å². The number of aryl methyl sites for hydroxylation is 1. The van der Waals surface area contributed by atoms with Gasteiger partial charge >= 0.3 is 5.97 Å². The fraction of sp³-hybridized carbons (Fsp3) is 0.348. The van der Waals surface area contributed by atoms with Crippen molar-refractivity contribution < 1.29 is 17.9 Å². The van der Waals surface area contributed by atoms with E-state index in [-0.39, 0.29) is 30.0 Å². The summed E-state index contributed by atoms with van der Waals surface area (Å²) in [5, 5.41) is 3.49. The Hall–Kier alpha value is -2.48. The van der Waals surface area contributed by atoms with Gasteiger partial charge in [-0.2, -0.15) is 4.31 Å². The summed E-state index contributed by atoms with van der Waals surface area (Å²) in [5.74, 6) is -0.495. The average Bonchev–Trinajstić information content (AvgIpc) is 3.13. The molecule has 1 N–H and O–H groups in total. The Morgan fingerprint density at radius 2 is 1.83 bits per heavy atom. The number of fused-ring (bicyclic) bond motifs is 1. The Labute approximate surface area is 177 Å². The standard InChI is InChI=1S/C23H26N2O4S/c1-17-8-12-21(13-9-17)30(27,28)25-14-20-11-10-18(2)24-23(20,15-25)16-29-22(26)19-6-4-3-5-7-19/h3-13,18,20,24H,14-16H2,1-2H3/t18-,20-,23+/m1/s1. The molecular formula is C23H26N2O4S. The largest absolute Gasteiger partial charge is 0.460 e. The predicted octanol–water partition coefficient (Wildman–Crippen LogP) is 2.76. The third-order valence-electron chi connectivity index (χ3n) is 5.84. The fourth-order valence-corrected chi connectivity index (χ4v) is 5.71. The number of ether oxygens (including phenoxy) is 1. The minimum absolute atomic E-state index is 0.0544. The number of nitrogens with one attached hydrogen (secondary N) is 1. The van der Waals surface area contributed by atoms with Gasteiger partial charge in [0.25, 0.3) is 0 Å². The first-order chi connectivity index (χ1) is 14.3. The number of sulfonamides is 1. The van der Waals surface area contributed by atoms with Gasteiger partial charge < -0.3 is 10.1 Å². The Kier molecular flexibility index (Phi) is 5.53. The molecule has 30 heavy (non-hydrogen) atoms. The van der Waals surface area contributed by atoms with E-state index in [0.717, 1.165) is 5.56 Å². The van der Waals surface area contributed by atoms with Gasteiger partial charge in [-0.1, -0.05) is 48.0 Å². The molecule has 2 aliphatic heterocycles. The smallest absolute Gasteiger partial charge is 0.338 e. The molecule has 1 fully saturated rings. The molecule has 7 heteroatoms. The molecule has 2 heterocycles. The first-order valence-corrected chi connectivity index (χ1v) is 11.5. The van der Waals surface area contributed by atoms with E-state index in [4.69, 9.17) is 4.74 Å². The van der Waals surface area contributed by atoms with Gasteiger partial charge in [0.15, 0.2) is 0 Å². The molecule has 0 bridgehead atoms. The van der Waals surface area contributed by atoms with E-state index in [1.807, 2.05) is 32.1 Å². The molecule has 158 valence electrons. The van der Waals surface area contributed by atoms with E-state index in [0.29, 0.717) is 12.1 Å². The lowest BCUT2D eigenvalue weighted by atomic mass is 9.83. The molecule has 2 aliphatic rings. The van der Waals surface area contributed by atoms with E-state index >= 15 is 0 Å². The van der Waals surface area contributed by atoms with E-state index in [2.05, 4.69) is 5.32 Å². The van der Waals surface area contributed by atoms with Crippen molar-refractivity contribution >= 4 is 16.0 Å². The van der Waals surface area contributed by atoms with Crippen LogP contribution in [0.25, 0.3) is 0 Å². The van der Waals surface area contributed by atoms with Crippen molar-refractivity contribution in [2.45, 2.75) is 30.3 Å². The van der Waals surface area contributed by atoms with Crippen molar-refractivity contribution in [1.29, 1.82) is 0 Å². The zero-order chi connectivity index (χ0) is 21.4. The van der Waals surface area contributed by atoms with Crippen LogP contribution in [-0.2, 0) is 14.8 Å². The number of carbonyl (C=O) groups excluding carboxylic acids is 1. The Morgan fingerprint density at radius 1 is 1.13 bits per heavy atom. The zero-order valence-corrected chi connectivity index (χ0v) is 17.9. The number of benzene rings is 2. The van der Waals surface area contributed by atoms with Gasteiger partial charge in [0.05, 0.1) is 16.0 Å². The molecule has 6 nitrogen and oxygen atoms in total. The highest BCUT2D eigenvalue weighted by atomic mass is 32.2. The molecule has 3 atom stereocenters. The third-order valence-corrected chi connectivity index (χ3v) is 7.67. The Balaban J connectivity index is 1.57. The summed E-state index contributed by atoms with van der Waals surface area (Å²) in [6.45, 7) is 4.61. The highest BCUT2D eigenvalue weighted by Gasteiger charge is 2.51. The lowest BCUT2D eigenvalue weighted by molar-refractivity contribution is 0.0330. The molecule has 0 saturated carbocycles. The Morgan fingerprint density at radius 3 is 2.53 bits per heavy atom. The minimum Gasteiger partial charge on any atom is -0.460 e. The van der Waals surface area contributed by atoms with Crippen LogP contribution in [0, 0.1) is 12.8 Å². The number of esters is 1. The molecule has 0 aliphatic carbocycles. The molecule has 0 amide bonds. The summed E-state index contributed by atoms with van der Waals surface area (Å²) in [6.07, 6.45) is 4.08.